The molecule has 4 rings (SSSR count). The minimum absolute atomic E-state index is 0.109. The molecule has 0 bridgehead atoms. The molecular formula is C26H23FN2O3S. The molecule has 4 aromatic rings. The van der Waals surface area contributed by atoms with E-state index in [1.807, 2.05) is 47.8 Å². The predicted molar refractivity (Wildman–Crippen MR) is 125 cm³/mol. The van der Waals surface area contributed by atoms with Gasteiger partial charge in [-0.25, -0.2) is 4.39 Å². The second-order valence-electron chi connectivity index (χ2n) is 7.51. The predicted octanol–water partition coefficient (Wildman–Crippen LogP) is 5.11. The Morgan fingerprint density at radius 2 is 1.76 bits per heavy atom. The Morgan fingerprint density at radius 1 is 0.970 bits per heavy atom. The average molecular weight is 463 g/mol. The lowest BCUT2D eigenvalue weighted by molar-refractivity contribution is -0.141. The van der Waals surface area contributed by atoms with Gasteiger partial charge in [0.05, 0.1) is 19.2 Å². The van der Waals surface area contributed by atoms with Gasteiger partial charge in [0.25, 0.3) is 0 Å². The maximum absolute atomic E-state index is 13.6. The van der Waals surface area contributed by atoms with Gasteiger partial charge in [0.2, 0.25) is 11.8 Å². The van der Waals surface area contributed by atoms with E-state index in [4.69, 9.17) is 4.42 Å². The fourth-order valence-corrected chi connectivity index (χ4v) is 4.25. The Bertz CT molecular complexity index is 1160. The Hall–Kier alpha value is -3.71. The van der Waals surface area contributed by atoms with Crippen molar-refractivity contribution in [2.45, 2.75) is 25.6 Å². The van der Waals surface area contributed by atoms with Crippen LogP contribution >= 0.6 is 11.3 Å². The Balaban J connectivity index is 1.65. The van der Waals surface area contributed by atoms with Gasteiger partial charge in [-0.05, 0) is 46.8 Å². The topological polar surface area (TPSA) is 62.6 Å². The summed E-state index contributed by atoms with van der Waals surface area (Å²) < 4.78 is 19.1. The smallest absolute Gasteiger partial charge is 0.247 e. The fourth-order valence-electron chi connectivity index (χ4n) is 3.56. The molecule has 0 radical (unpaired) electrons. The molecule has 33 heavy (non-hydrogen) atoms. The molecule has 0 aliphatic carbocycles. The zero-order chi connectivity index (χ0) is 23.0. The number of nitrogens with one attached hydrogen (secondary N) is 1. The van der Waals surface area contributed by atoms with Gasteiger partial charge in [0.1, 0.15) is 17.6 Å². The molecule has 1 N–H and O–H groups in total. The van der Waals surface area contributed by atoms with E-state index in [-0.39, 0.29) is 24.8 Å². The number of hydrogen-bond donors (Lipinski definition) is 1. The molecular weight excluding hydrogens is 439 g/mol. The second kappa shape index (κ2) is 10.7. The van der Waals surface area contributed by atoms with Gasteiger partial charge in [-0.1, -0.05) is 48.5 Å². The van der Waals surface area contributed by atoms with Gasteiger partial charge >= 0.3 is 0 Å². The van der Waals surface area contributed by atoms with E-state index in [1.165, 1.54) is 46.8 Å². The van der Waals surface area contributed by atoms with E-state index in [9.17, 15) is 14.0 Å². The molecule has 5 nitrogen and oxygen atoms in total. The summed E-state index contributed by atoms with van der Waals surface area (Å²) in [6.07, 6.45) is 1.68. The first-order valence-corrected chi connectivity index (χ1v) is 11.4. The lowest BCUT2D eigenvalue weighted by atomic mass is 10.0. The Kier molecular flexibility index (Phi) is 7.32. The first kappa shape index (κ1) is 22.5. The van der Waals surface area contributed by atoms with E-state index in [0.717, 1.165) is 10.4 Å². The van der Waals surface area contributed by atoms with Crippen LogP contribution in [0.4, 0.5) is 4.39 Å². The zero-order valence-electron chi connectivity index (χ0n) is 17.8. The van der Waals surface area contributed by atoms with Crippen molar-refractivity contribution in [1.82, 2.24) is 10.2 Å². The molecule has 0 unspecified atom stereocenters. The highest BCUT2D eigenvalue weighted by Gasteiger charge is 2.32. The van der Waals surface area contributed by atoms with Gasteiger partial charge in [-0.2, -0.15) is 0 Å². The lowest BCUT2D eigenvalue weighted by Gasteiger charge is -2.31. The molecule has 2 amide bonds. The van der Waals surface area contributed by atoms with E-state index in [1.54, 1.807) is 12.1 Å². The van der Waals surface area contributed by atoms with Gasteiger partial charge in [-0.3, -0.25) is 9.59 Å². The standard InChI is InChI=1S/C26H23FN2O3S/c27-21-12-10-20(11-13-21)25(26(31)28-17-19-6-2-1-3-7-19)29(18-22-8-4-14-32-22)24(30)16-23-9-5-15-33-23/h1-15,25H,16-18H2,(H,28,31)/t25-/m0/s1. The number of benzene rings is 2. The molecule has 0 fully saturated rings. The quantitative estimate of drug-likeness (QED) is 0.376. The number of carbonyl (C=O) groups excluding carboxylic acids is 2. The minimum Gasteiger partial charge on any atom is -0.467 e. The molecule has 0 saturated carbocycles. The second-order valence-corrected chi connectivity index (χ2v) is 8.55. The number of furan rings is 1. The number of thiophene rings is 1. The average Bonchev–Trinajstić information content (AvgIpc) is 3.53. The first-order chi connectivity index (χ1) is 16.1. The van der Waals surface area contributed by atoms with Crippen LogP contribution in [0.15, 0.2) is 94.9 Å². The van der Waals surface area contributed by atoms with Gasteiger partial charge in [0.15, 0.2) is 0 Å². The van der Waals surface area contributed by atoms with Crippen LogP contribution in [-0.4, -0.2) is 16.7 Å². The summed E-state index contributed by atoms with van der Waals surface area (Å²) in [7, 11) is 0. The number of carbonyl (C=O) groups is 2. The molecule has 7 heteroatoms. The van der Waals surface area contributed by atoms with Gasteiger partial charge < -0.3 is 14.6 Å². The van der Waals surface area contributed by atoms with E-state index < -0.39 is 11.9 Å². The van der Waals surface area contributed by atoms with Gasteiger partial charge in [0, 0.05) is 11.4 Å². The highest BCUT2D eigenvalue weighted by Crippen LogP contribution is 2.26. The zero-order valence-corrected chi connectivity index (χ0v) is 18.6. The summed E-state index contributed by atoms with van der Waals surface area (Å²) in [5.41, 5.74) is 1.46. The van der Waals surface area contributed by atoms with Crippen molar-refractivity contribution in [3.8, 4) is 0 Å². The maximum Gasteiger partial charge on any atom is 0.247 e. The highest BCUT2D eigenvalue weighted by molar-refractivity contribution is 7.10. The number of rotatable bonds is 9. The van der Waals surface area contributed by atoms with Crippen LogP contribution < -0.4 is 5.32 Å². The van der Waals surface area contributed by atoms with Crippen LogP contribution in [0.25, 0.3) is 0 Å². The van der Waals surface area contributed by atoms with E-state index >= 15 is 0 Å². The number of nitrogens with zero attached hydrogens (tertiary/aromatic N) is 1. The fraction of sp³-hybridized carbons (Fsp3) is 0.154. The number of amides is 2. The maximum atomic E-state index is 13.6. The van der Waals surface area contributed by atoms with Crippen LogP contribution in [0.1, 0.15) is 27.8 Å². The Labute approximate surface area is 195 Å². The summed E-state index contributed by atoms with van der Waals surface area (Å²) in [5, 5.41) is 4.84. The molecule has 168 valence electrons. The third kappa shape index (κ3) is 5.96. The molecule has 0 aliphatic rings. The third-order valence-corrected chi connectivity index (χ3v) is 6.06. The SMILES string of the molecule is O=C(NCc1ccccc1)[C@H](c1ccc(F)cc1)N(Cc1ccco1)C(=O)Cc1cccs1. The van der Waals surface area contributed by atoms with Crippen LogP contribution in [0.2, 0.25) is 0 Å². The largest absolute Gasteiger partial charge is 0.467 e. The first-order valence-electron chi connectivity index (χ1n) is 10.5. The van der Waals surface area contributed by atoms with Crippen LogP contribution in [0.5, 0.6) is 0 Å². The monoisotopic (exact) mass is 462 g/mol. The van der Waals surface area contributed by atoms with E-state index in [0.29, 0.717) is 17.9 Å². The summed E-state index contributed by atoms with van der Waals surface area (Å²) in [6, 6.07) is 21.5. The van der Waals surface area contributed by atoms with Crippen molar-refractivity contribution in [2.75, 3.05) is 0 Å². The third-order valence-electron chi connectivity index (χ3n) is 5.19. The van der Waals surface area contributed by atoms with Crippen molar-refractivity contribution >= 4 is 23.2 Å². The molecule has 0 saturated heterocycles. The molecule has 0 aliphatic heterocycles. The Morgan fingerprint density at radius 3 is 2.42 bits per heavy atom. The van der Waals surface area contributed by atoms with Crippen LogP contribution in [0, 0.1) is 5.82 Å². The molecule has 1 atom stereocenters. The molecule has 2 aromatic heterocycles. The number of hydrogen-bond acceptors (Lipinski definition) is 4. The summed E-state index contributed by atoms with van der Waals surface area (Å²) in [6.45, 7) is 0.420. The van der Waals surface area contributed by atoms with Gasteiger partial charge in [-0.15, -0.1) is 11.3 Å². The summed E-state index contributed by atoms with van der Waals surface area (Å²) in [4.78, 5) is 29.3. The van der Waals surface area contributed by atoms with Crippen molar-refractivity contribution < 1.29 is 18.4 Å². The summed E-state index contributed by atoms with van der Waals surface area (Å²) in [5.74, 6) is -0.434. The van der Waals surface area contributed by atoms with Crippen molar-refractivity contribution in [2.24, 2.45) is 0 Å². The van der Waals surface area contributed by atoms with Crippen molar-refractivity contribution in [3.05, 3.63) is 118 Å². The van der Waals surface area contributed by atoms with E-state index in [2.05, 4.69) is 5.32 Å². The van der Waals surface area contributed by atoms with Crippen molar-refractivity contribution in [3.63, 3.8) is 0 Å². The van der Waals surface area contributed by atoms with Crippen LogP contribution in [0.3, 0.4) is 0 Å². The molecule has 2 aromatic carbocycles. The van der Waals surface area contributed by atoms with Crippen LogP contribution in [-0.2, 0) is 29.1 Å². The lowest BCUT2D eigenvalue weighted by Crippen LogP contribution is -2.43. The number of halogens is 1. The normalized spacial score (nSPS) is 11.7. The molecule has 2 heterocycles. The van der Waals surface area contributed by atoms with Crippen molar-refractivity contribution in [1.29, 1.82) is 0 Å². The minimum atomic E-state index is -0.952. The molecule has 0 spiro atoms. The summed E-state index contributed by atoms with van der Waals surface area (Å²) >= 11 is 1.48. The highest BCUT2D eigenvalue weighted by atomic mass is 32.1.